The molecule has 0 spiro atoms. The van der Waals surface area contributed by atoms with Crippen LogP contribution in [0.3, 0.4) is 0 Å². The van der Waals surface area contributed by atoms with Crippen LogP contribution in [0.5, 0.6) is 11.5 Å². The smallest absolute Gasteiger partial charge is 0.307 e. The van der Waals surface area contributed by atoms with Crippen molar-refractivity contribution in [2.45, 2.75) is 13.5 Å². The molecule has 6 nitrogen and oxygen atoms in total. The van der Waals surface area contributed by atoms with Crippen LogP contribution < -0.4 is 14.9 Å². The normalized spacial score (nSPS) is 11.2. The third-order valence-corrected chi connectivity index (χ3v) is 6.45. The Kier molecular flexibility index (Phi) is 8.07. The molecule has 0 saturated heterocycles. The van der Waals surface area contributed by atoms with E-state index in [9.17, 15) is 4.79 Å². The molecule has 1 heterocycles. The zero-order valence-corrected chi connectivity index (χ0v) is 22.7. The van der Waals surface area contributed by atoms with Gasteiger partial charge in [0.2, 0.25) is 0 Å². The van der Waals surface area contributed by atoms with E-state index < -0.39 is 5.91 Å². The number of furan rings is 1. The fourth-order valence-electron chi connectivity index (χ4n) is 3.11. The van der Waals surface area contributed by atoms with Crippen molar-refractivity contribution in [3.8, 4) is 11.5 Å². The highest BCUT2D eigenvalue weighted by molar-refractivity contribution is 9.11. The van der Waals surface area contributed by atoms with Gasteiger partial charge in [0.25, 0.3) is 0 Å². The maximum absolute atomic E-state index is 12.4. The summed E-state index contributed by atoms with van der Waals surface area (Å²) in [4.78, 5) is 12.4. The number of hydrogen-bond donors (Lipinski definition) is 1. The van der Waals surface area contributed by atoms with E-state index in [0.29, 0.717) is 35.9 Å². The number of carbonyl (C=O) groups excluding carboxylic acids is 1. The molecule has 0 bridgehead atoms. The predicted octanol–water partition coefficient (Wildman–Crippen LogP) is 7.46. The van der Waals surface area contributed by atoms with Gasteiger partial charge in [-0.25, -0.2) is 5.43 Å². The highest BCUT2D eigenvalue weighted by atomic mass is 79.9. The minimum Gasteiger partial charge on any atom is -0.490 e. The van der Waals surface area contributed by atoms with Crippen LogP contribution in [0.1, 0.15) is 28.6 Å². The molecule has 34 heavy (non-hydrogen) atoms. The summed E-state index contributed by atoms with van der Waals surface area (Å²) >= 11 is 10.4. The molecular weight excluding hydrogens is 632 g/mol. The largest absolute Gasteiger partial charge is 0.490 e. The van der Waals surface area contributed by atoms with Gasteiger partial charge in [0.05, 0.1) is 12.8 Å². The molecule has 0 fully saturated rings. The van der Waals surface area contributed by atoms with Gasteiger partial charge in [0.15, 0.2) is 17.3 Å². The first-order valence-corrected chi connectivity index (χ1v) is 12.7. The number of hydrazone groups is 1. The molecule has 0 aliphatic heterocycles. The van der Waals surface area contributed by atoms with E-state index in [1.54, 1.807) is 18.2 Å². The topological polar surface area (TPSA) is 73.1 Å². The lowest BCUT2D eigenvalue weighted by Crippen LogP contribution is -2.16. The van der Waals surface area contributed by atoms with Gasteiger partial charge in [0, 0.05) is 24.4 Å². The third-order valence-electron chi connectivity index (χ3n) is 4.74. The predicted molar refractivity (Wildman–Crippen MR) is 143 cm³/mol. The number of nitrogens with one attached hydrogen (secondary N) is 1. The van der Waals surface area contributed by atoms with Gasteiger partial charge in [-0.3, -0.25) is 4.79 Å². The number of benzene rings is 3. The summed E-state index contributed by atoms with van der Waals surface area (Å²) in [5.74, 6) is 0.917. The molecule has 0 unspecified atom stereocenters. The quantitative estimate of drug-likeness (QED) is 0.159. The Labute approximate surface area is 221 Å². The minimum absolute atomic E-state index is 0.177. The zero-order valence-electron chi connectivity index (χ0n) is 18.0. The lowest BCUT2D eigenvalue weighted by molar-refractivity contribution is 0.0929. The Hall–Kier alpha value is -2.62. The summed E-state index contributed by atoms with van der Waals surface area (Å²) < 4.78 is 20.0. The molecule has 0 aliphatic rings. The Morgan fingerprint density at radius 2 is 1.71 bits per heavy atom. The molecule has 1 amide bonds. The van der Waals surface area contributed by atoms with Crippen molar-refractivity contribution in [1.29, 1.82) is 0 Å². The van der Waals surface area contributed by atoms with Crippen molar-refractivity contribution in [3.05, 3.63) is 91.0 Å². The summed E-state index contributed by atoms with van der Waals surface area (Å²) in [7, 11) is 0. The minimum atomic E-state index is -0.445. The molecule has 9 heteroatoms. The molecule has 0 saturated carbocycles. The summed E-state index contributed by atoms with van der Waals surface area (Å²) in [6, 6.07) is 18.7. The summed E-state index contributed by atoms with van der Waals surface area (Å²) in [6.45, 7) is 2.78. The van der Waals surface area contributed by atoms with E-state index in [1.165, 1.54) is 6.21 Å². The van der Waals surface area contributed by atoms with Gasteiger partial charge in [0.1, 0.15) is 12.2 Å². The maximum atomic E-state index is 12.4. The molecule has 1 aromatic heterocycles. The van der Waals surface area contributed by atoms with E-state index in [2.05, 4.69) is 58.3 Å². The number of carbonyl (C=O) groups is 1. The monoisotopic (exact) mass is 648 g/mol. The van der Waals surface area contributed by atoms with E-state index in [-0.39, 0.29) is 5.76 Å². The molecule has 174 valence electrons. The number of amides is 1. The Balaban J connectivity index is 1.46. The summed E-state index contributed by atoms with van der Waals surface area (Å²) in [5, 5.41) is 4.90. The van der Waals surface area contributed by atoms with E-state index in [1.807, 2.05) is 49.4 Å². The second kappa shape index (κ2) is 11.2. The van der Waals surface area contributed by atoms with Crippen LogP contribution in [-0.4, -0.2) is 18.7 Å². The fourth-order valence-corrected chi connectivity index (χ4v) is 4.18. The maximum Gasteiger partial charge on any atom is 0.307 e. The average molecular weight is 651 g/mol. The third kappa shape index (κ3) is 6.08. The van der Waals surface area contributed by atoms with E-state index in [0.717, 1.165) is 24.4 Å². The number of rotatable bonds is 8. The van der Waals surface area contributed by atoms with Gasteiger partial charge in [-0.1, -0.05) is 44.0 Å². The first-order chi connectivity index (χ1) is 16.4. The van der Waals surface area contributed by atoms with Crippen molar-refractivity contribution in [1.82, 2.24) is 5.43 Å². The van der Waals surface area contributed by atoms with Crippen molar-refractivity contribution >= 4 is 70.9 Å². The lowest BCUT2D eigenvalue weighted by Gasteiger charge is -2.14. The van der Waals surface area contributed by atoms with Crippen molar-refractivity contribution in [3.63, 3.8) is 0 Å². The summed E-state index contributed by atoms with van der Waals surface area (Å²) in [6.07, 6.45) is 1.53. The number of hydrogen-bond acceptors (Lipinski definition) is 5. The van der Waals surface area contributed by atoms with Crippen molar-refractivity contribution in [2.24, 2.45) is 5.10 Å². The molecule has 4 rings (SSSR count). The van der Waals surface area contributed by atoms with E-state index >= 15 is 0 Å². The number of halogens is 3. The first-order valence-electron chi connectivity index (χ1n) is 10.3. The zero-order chi connectivity index (χ0) is 24.1. The molecule has 0 radical (unpaired) electrons. The van der Waals surface area contributed by atoms with E-state index in [4.69, 9.17) is 13.9 Å². The van der Waals surface area contributed by atoms with Crippen LogP contribution in [0.15, 0.2) is 83.6 Å². The number of fused-ring (bicyclic) bond motifs is 1. The molecule has 3 aromatic carbocycles. The average Bonchev–Trinajstić information content (AvgIpc) is 3.24. The van der Waals surface area contributed by atoms with Gasteiger partial charge in [-0.15, -0.1) is 0 Å². The van der Waals surface area contributed by atoms with Gasteiger partial charge >= 0.3 is 5.91 Å². The van der Waals surface area contributed by atoms with Crippen LogP contribution in [0.4, 0.5) is 0 Å². The molecular formula is C25H19Br3N2O4. The number of ether oxygens (including phenoxy) is 2. The van der Waals surface area contributed by atoms with Crippen molar-refractivity contribution < 1.29 is 18.7 Å². The van der Waals surface area contributed by atoms with Crippen LogP contribution in [0, 0.1) is 0 Å². The first kappa shape index (κ1) is 24.5. The molecule has 1 N–H and O–H groups in total. The highest BCUT2D eigenvalue weighted by Gasteiger charge is 2.13. The standard InChI is InChI=1S/C25H19Br3N2O4/c1-2-32-22-11-17(20(28)12-23(22)33-14-15-3-5-18(26)6-4-15)13-29-30-25(31)24-10-16-9-19(27)7-8-21(16)34-24/h3-13H,2,14H2,1H3,(H,30,31). The van der Waals surface area contributed by atoms with Crippen LogP contribution in [0.2, 0.25) is 0 Å². The second-order valence-corrected chi connectivity index (χ2v) is 9.85. The fraction of sp³-hybridized carbons (Fsp3) is 0.120. The van der Waals surface area contributed by atoms with Crippen molar-refractivity contribution in [2.75, 3.05) is 6.61 Å². The summed E-state index contributed by atoms with van der Waals surface area (Å²) in [5.41, 5.74) is 4.87. The van der Waals surface area contributed by atoms with Gasteiger partial charge in [-0.2, -0.15) is 5.10 Å². The van der Waals surface area contributed by atoms with Crippen LogP contribution >= 0.6 is 47.8 Å². The Morgan fingerprint density at radius 3 is 2.47 bits per heavy atom. The SMILES string of the molecule is CCOc1cc(C=NNC(=O)c2cc3cc(Br)ccc3o2)c(Br)cc1OCc1ccc(Br)cc1. The van der Waals surface area contributed by atoms with Gasteiger partial charge in [-0.05, 0) is 76.9 Å². The molecule has 0 aliphatic carbocycles. The highest BCUT2D eigenvalue weighted by Crippen LogP contribution is 2.34. The molecule has 0 atom stereocenters. The van der Waals surface area contributed by atoms with Gasteiger partial charge < -0.3 is 13.9 Å². The van der Waals surface area contributed by atoms with Crippen LogP contribution in [0.25, 0.3) is 11.0 Å². The molecule has 4 aromatic rings. The van der Waals surface area contributed by atoms with Crippen LogP contribution in [-0.2, 0) is 6.61 Å². The Bertz CT molecular complexity index is 1350. The Morgan fingerprint density at radius 1 is 0.971 bits per heavy atom. The second-order valence-electron chi connectivity index (χ2n) is 7.16. The lowest BCUT2D eigenvalue weighted by atomic mass is 10.2. The number of nitrogens with zero attached hydrogens (tertiary/aromatic N) is 1.